The first-order valence-corrected chi connectivity index (χ1v) is 5.10. The second-order valence-corrected chi connectivity index (χ2v) is 3.91. The van der Waals surface area contributed by atoms with Crippen LogP contribution in [0.15, 0.2) is 17.1 Å². The maximum absolute atomic E-state index is 12.9. The zero-order valence-corrected chi connectivity index (χ0v) is 10.3. The molecule has 0 saturated carbocycles. The largest absolute Gasteiger partial charge is 0.370 e. The first kappa shape index (κ1) is 13.5. The number of rotatable bonds is 1. The average molecular weight is 279 g/mol. The standard InChI is InChI=1S/C9H9Cl2FN4O/c1-16(9(17)15-8(13)14)7-5(10)2-4(12)3-6(7)11/h2-3H,1H3,(H4,13,14,15,17). The predicted octanol–water partition coefficient (Wildman–Crippen LogP) is 1.96. The molecule has 92 valence electrons. The van der Waals surface area contributed by atoms with Gasteiger partial charge >= 0.3 is 6.03 Å². The van der Waals surface area contributed by atoms with Gasteiger partial charge in [-0.3, -0.25) is 4.90 Å². The Labute approximate surface area is 107 Å². The summed E-state index contributed by atoms with van der Waals surface area (Å²) in [6.45, 7) is 0. The van der Waals surface area contributed by atoms with Crippen molar-refractivity contribution < 1.29 is 9.18 Å². The SMILES string of the molecule is CN(C(=O)N=C(N)N)c1c(Cl)cc(F)cc1Cl. The summed E-state index contributed by atoms with van der Waals surface area (Å²) in [5.74, 6) is -0.998. The topological polar surface area (TPSA) is 84.7 Å². The summed E-state index contributed by atoms with van der Waals surface area (Å²) < 4.78 is 12.9. The Balaban J connectivity index is 3.17. The van der Waals surface area contributed by atoms with Crippen molar-refractivity contribution in [3.8, 4) is 0 Å². The van der Waals surface area contributed by atoms with Crippen molar-refractivity contribution in [2.45, 2.75) is 0 Å². The van der Waals surface area contributed by atoms with E-state index in [-0.39, 0.29) is 15.7 Å². The molecule has 0 bridgehead atoms. The number of aliphatic imine (C=N–C) groups is 1. The van der Waals surface area contributed by atoms with Gasteiger partial charge in [0.05, 0.1) is 15.7 Å². The number of nitrogens with zero attached hydrogens (tertiary/aromatic N) is 2. The Morgan fingerprint density at radius 3 is 2.24 bits per heavy atom. The first-order valence-electron chi connectivity index (χ1n) is 4.34. The maximum atomic E-state index is 12.9. The van der Waals surface area contributed by atoms with Crippen molar-refractivity contribution in [2.24, 2.45) is 16.5 Å². The lowest BCUT2D eigenvalue weighted by molar-refractivity contribution is 0.255. The van der Waals surface area contributed by atoms with Gasteiger partial charge in [-0.2, -0.15) is 4.99 Å². The van der Waals surface area contributed by atoms with Crippen LogP contribution in [0.2, 0.25) is 10.0 Å². The van der Waals surface area contributed by atoms with Crippen molar-refractivity contribution in [1.82, 2.24) is 0 Å². The number of benzene rings is 1. The second-order valence-electron chi connectivity index (χ2n) is 3.10. The molecule has 17 heavy (non-hydrogen) atoms. The van der Waals surface area contributed by atoms with Gasteiger partial charge in [0.2, 0.25) is 0 Å². The highest BCUT2D eigenvalue weighted by Crippen LogP contribution is 2.34. The first-order chi connectivity index (χ1) is 7.82. The van der Waals surface area contributed by atoms with E-state index in [1.165, 1.54) is 7.05 Å². The number of guanidine groups is 1. The van der Waals surface area contributed by atoms with Crippen LogP contribution in [0, 0.1) is 5.82 Å². The third kappa shape index (κ3) is 3.21. The Morgan fingerprint density at radius 1 is 1.35 bits per heavy atom. The van der Waals surface area contributed by atoms with Crippen LogP contribution in [0.25, 0.3) is 0 Å². The fourth-order valence-electron chi connectivity index (χ4n) is 1.14. The van der Waals surface area contributed by atoms with Gasteiger partial charge in [-0.25, -0.2) is 9.18 Å². The van der Waals surface area contributed by atoms with E-state index in [1.807, 2.05) is 0 Å². The zero-order chi connectivity index (χ0) is 13.2. The molecule has 0 spiro atoms. The summed E-state index contributed by atoms with van der Waals surface area (Å²) in [5, 5.41) is -0.0340. The molecule has 5 nitrogen and oxygen atoms in total. The summed E-state index contributed by atoms with van der Waals surface area (Å²) >= 11 is 11.6. The minimum atomic E-state index is -0.764. The monoisotopic (exact) mass is 278 g/mol. The molecule has 0 aliphatic carbocycles. The van der Waals surface area contributed by atoms with Crippen molar-refractivity contribution in [3.05, 3.63) is 28.0 Å². The number of anilines is 1. The van der Waals surface area contributed by atoms with E-state index < -0.39 is 17.8 Å². The predicted molar refractivity (Wildman–Crippen MR) is 66.0 cm³/mol. The third-order valence-electron chi connectivity index (χ3n) is 1.83. The van der Waals surface area contributed by atoms with Crippen LogP contribution in [0.4, 0.5) is 14.9 Å². The molecule has 0 aliphatic heterocycles. The maximum Gasteiger partial charge on any atom is 0.351 e. The van der Waals surface area contributed by atoms with Crippen LogP contribution >= 0.6 is 23.2 Å². The summed E-state index contributed by atoms with van der Waals surface area (Å²) in [4.78, 5) is 15.8. The lowest BCUT2D eigenvalue weighted by atomic mass is 10.3. The number of carbonyl (C=O) groups is 1. The fourth-order valence-corrected chi connectivity index (χ4v) is 1.85. The fraction of sp³-hybridized carbons (Fsp3) is 0.111. The molecule has 0 unspecified atom stereocenters. The van der Waals surface area contributed by atoms with Crippen LogP contribution in [-0.2, 0) is 0 Å². The molecule has 0 fully saturated rings. The lowest BCUT2D eigenvalue weighted by Crippen LogP contribution is -2.30. The highest BCUT2D eigenvalue weighted by molar-refractivity contribution is 6.39. The van der Waals surface area contributed by atoms with Crippen molar-refractivity contribution >= 4 is 40.9 Å². The van der Waals surface area contributed by atoms with Gasteiger partial charge < -0.3 is 11.5 Å². The molecule has 0 aromatic heterocycles. The van der Waals surface area contributed by atoms with Crippen molar-refractivity contribution in [1.29, 1.82) is 0 Å². The van der Waals surface area contributed by atoms with Crippen LogP contribution in [-0.4, -0.2) is 19.0 Å². The van der Waals surface area contributed by atoms with Crippen molar-refractivity contribution in [2.75, 3.05) is 11.9 Å². The summed E-state index contributed by atoms with van der Waals surface area (Å²) in [7, 11) is 1.36. The Morgan fingerprint density at radius 2 is 1.82 bits per heavy atom. The van der Waals surface area contributed by atoms with Gasteiger partial charge in [-0.05, 0) is 12.1 Å². The van der Waals surface area contributed by atoms with Gasteiger partial charge in [-0.1, -0.05) is 23.2 Å². The molecular weight excluding hydrogens is 270 g/mol. The lowest BCUT2D eigenvalue weighted by Gasteiger charge is -2.17. The Bertz CT molecular complexity index is 465. The van der Waals surface area contributed by atoms with Gasteiger partial charge in [-0.15, -0.1) is 0 Å². The second kappa shape index (κ2) is 5.20. The number of carbonyl (C=O) groups excluding carboxylic acids is 1. The highest BCUT2D eigenvalue weighted by atomic mass is 35.5. The highest BCUT2D eigenvalue weighted by Gasteiger charge is 2.18. The molecular formula is C9H9Cl2FN4O. The van der Waals surface area contributed by atoms with Crippen molar-refractivity contribution in [3.63, 3.8) is 0 Å². The third-order valence-corrected chi connectivity index (χ3v) is 2.40. The van der Waals surface area contributed by atoms with E-state index in [2.05, 4.69) is 4.99 Å². The Kier molecular flexibility index (Phi) is 4.14. The number of nitrogens with two attached hydrogens (primary N) is 2. The molecule has 1 aromatic rings. The van der Waals surface area contributed by atoms with Crippen LogP contribution < -0.4 is 16.4 Å². The van der Waals surface area contributed by atoms with E-state index in [4.69, 9.17) is 34.7 Å². The quantitative estimate of drug-likeness (QED) is 0.608. The number of hydrogen-bond donors (Lipinski definition) is 2. The minimum absolute atomic E-state index is 0.0170. The zero-order valence-electron chi connectivity index (χ0n) is 8.75. The molecule has 8 heteroatoms. The number of urea groups is 1. The van der Waals surface area contributed by atoms with E-state index >= 15 is 0 Å². The average Bonchev–Trinajstić information content (AvgIpc) is 2.14. The minimum Gasteiger partial charge on any atom is -0.370 e. The van der Waals surface area contributed by atoms with E-state index in [1.54, 1.807) is 0 Å². The van der Waals surface area contributed by atoms with E-state index in [0.29, 0.717) is 0 Å². The smallest absolute Gasteiger partial charge is 0.351 e. The molecule has 4 N–H and O–H groups in total. The van der Waals surface area contributed by atoms with Gasteiger partial charge in [0, 0.05) is 7.05 Å². The van der Waals surface area contributed by atoms with Gasteiger partial charge in [0.25, 0.3) is 0 Å². The summed E-state index contributed by atoms with van der Waals surface area (Å²) in [6.07, 6.45) is 0. The molecule has 1 aromatic carbocycles. The normalized spacial score (nSPS) is 9.88. The van der Waals surface area contributed by atoms with Gasteiger partial charge in [0.1, 0.15) is 5.82 Å². The molecule has 0 atom stereocenters. The number of hydrogen-bond acceptors (Lipinski definition) is 1. The molecule has 0 saturated heterocycles. The van der Waals surface area contributed by atoms with Crippen LogP contribution in [0.5, 0.6) is 0 Å². The van der Waals surface area contributed by atoms with Crippen LogP contribution in [0.3, 0.4) is 0 Å². The molecule has 0 aliphatic rings. The van der Waals surface area contributed by atoms with E-state index in [9.17, 15) is 9.18 Å². The number of amides is 2. The number of halogens is 3. The molecule has 0 radical (unpaired) electrons. The summed E-state index contributed by atoms with van der Waals surface area (Å²) in [6, 6.07) is 1.30. The molecule has 1 rings (SSSR count). The summed E-state index contributed by atoms with van der Waals surface area (Å²) in [5.41, 5.74) is 10.3. The van der Waals surface area contributed by atoms with E-state index in [0.717, 1.165) is 17.0 Å². The molecule has 0 heterocycles. The molecule has 2 amide bonds. The Hall–Kier alpha value is -1.53. The van der Waals surface area contributed by atoms with Gasteiger partial charge in [0.15, 0.2) is 5.96 Å². The van der Waals surface area contributed by atoms with Crippen LogP contribution in [0.1, 0.15) is 0 Å².